The van der Waals surface area contributed by atoms with E-state index in [4.69, 9.17) is 19.8 Å². The maximum Gasteiger partial charge on any atom is 0.351 e. The van der Waals surface area contributed by atoms with Gasteiger partial charge in [0, 0.05) is 6.20 Å². The maximum absolute atomic E-state index is 11.8. The topological polar surface area (TPSA) is 154 Å². The average Bonchev–Trinajstić information content (AvgIpc) is 2.65. The van der Waals surface area contributed by atoms with E-state index in [9.17, 15) is 18.3 Å². The second-order valence-corrected chi connectivity index (χ2v) is 6.15. The zero-order valence-electron chi connectivity index (χ0n) is 11.0. The average molecular weight is 321 g/mol. The zero-order chi connectivity index (χ0) is 15.8. The predicted octanol–water partition coefficient (Wildman–Crippen LogP) is -2.58. The third-order valence-electron chi connectivity index (χ3n) is 2.90. The Kier molecular flexibility index (Phi) is 4.30. The SMILES string of the molecule is CS(=O)(=O)O[C@@H]1[C@H](O)[C@@H](CO)O[C@H]1n1ccc(N)nc1=O. The van der Waals surface area contributed by atoms with E-state index in [-0.39, 0.29) is 5.82 Å². The highest BCUT2D eigenvalue weighted by atomic mass is 32.2. The van der Waals surface area contributed by atoms with Crippen molar-refractivity contribution in [1.29, 1.82) is 0 Å². The Bertz CT molecular complexity index is 673. The van der Waals surface area contributed by atoms with E-state index in [1.54, 1.807) is 0 Å². The van der Waals surface area contributed by atoms with E-state index in [0.717, 1.165) is 10.8 Å². The number of rotatable bonds is 4. The lowest BCUT2D eigenvalue weighted by Crippen LogP contribution is -2.39. The molecule has 0 aromatic carbocycles. The summed E-state index contributed by atoms with van der Waals surface area (Å²) >= 11 is 0. The molecule has 21 heavy (non-hydrogen) atoms. The second-order valence-electron chi connectivity index (χ2n) is 4.55. The molecule has 0 aliphatic carbocycles. The van der Waals surface area contributed by atoms with Crippen LogP contribution in [0.5, 0.6) is 0 Å². The van der Waals surface area contributed by atoms with Gasteiger partial charge in [0.15, 0.2) is 12.3 Å². The lowest BCUT2D eigenvalue weighted by molar-refractivity contribution is -0.0518. The molecule has 2 heterocycles. The van der Waals surface area contributed by atoms with Gasteiger partial charge >= 0.3 is 5.69 Å². The molecule has 2 rings (SSSR count). The Labute approximate surface area is 119 Å². The number of ether oxygens (including phenoxy) is 1. The lowest BCUT2D eigenvalue weighted by atomic mass is 10.1. The highest BCUT2D eigenvalue weighted by Crippen LogP contribution is 2.31. The van der Waals surface area contributed by atoms with Crippen LogP contribution in [0.2, 0.25) is 0 Å². The van der Waals surface area contributed by atoms with Crippen LogP contribution in [0.3, 0.4) is 0 Å². The minimum Gasteiger partial charge on any atom is -0.394 e. The third kappa shape index (κ3) is 3.39. The maximum atomic E-state index is 11.8. The predicted molar refractivity (Wildman–Crippen MR) is 69.6 cm³/mol. The van der Waals surface area contributed by atoms with Gasteiger partial charge in [-0.15, -0.1) is 0 Å². The molecule has 0 unspecified atom stereocenters. The quantitative estimate of drug-likeness (QED) is 0.507. The van der Waals surface area contributed by atoms with Crippen molar-refractivity contribution < 1.29 is 27.6 Å². The first-order valence-electron chi connectivity index (χ1n) is 5.90. The minimum absolute atomic E-state index is 0.0194. The fourth-order valence-electron chi connectivity index (χ4n) is 2.02. The standard InChI is InChI=1S/C10H15N3O7S/c1-21(17,18)20-8-7(15)5(4-14)19-9(8)13-3-2-6(11)12-10(13)16/h2-3,5,7-9,14-15H,4H2,1H3,(H2,11,12,16)/t5-,7-,8-,9-/m1/s1. The number of aliphatic hydroxyl groups is 2. The molecule has 11 heteroatoms. The summed E-state index contributed by atoms with van der Waals surface area (Å²) in [7, 11) is -3.92. The molecule has 0 spiro atoms. The van der Waals surface area contributed by atoms with Gasteiger partial charge in [0.1, 0.15) is 18.0 Å². The van der Waals surface area contributed by atoms with Crippen LogP contribution >= 0.6 is 0 Å². The zero-order valence-corrected chi connectivity index (χ0v) is 11.8. The summed E-state index contributed by atoms with van der Waals surface area (Å²) in [4.78, 5) is 15.3. The lowest BCUT2D eigenvalue weighted by Gasteiger charge is -2.20. The summed E-state index contributed by atoms with van der Waals surface area (Å²) in [6.45, 7) is -0.571. The number of hydrogen-bond acceptors (Lipinski definition) is 9. The number of nitrogens with two attached hydrogens (primary N) is 1. The molecule has 4 atom stereocenters. The van der Waals surface area contributed by atoms with E-state index < -0.39 is 47.0 Å². The number of hydrogen-bond donors (Lipinski definition) is 3. The van der Waals surface area contributed by atoms with Crippen LogP contribution in [-0.2, 0) is 19.0 Å². The third-order valence-corrected chi connectivity index (χ3v) is 3.48. The Morgan fingerprint density at radius 3 is 2.76 bits per heavy atom. The monoisotopic (exact) mass is 321 g/mol. The summed E-state index contributed by atoms with van der Waals surface area (Å²) in [5.74, 6) is -0.0194. The number of anilines is 1. The van der Waals surface area contributed by atoms with Crippen molar-refractivity contribution in [3.63, 3.8) is 0 Å². The van der Waals surface area contributed by atoms with Gasteiger partial charge in [0.05, 0.1) is 12.9 Å². The number of nitrogen functional groups attached to an aromatic ring is 1. The largest absolute Gasteiger partial charge is 0.394 e. The van der Waals surface area contributed by atoms with Crippen molar-refractivity contribution >= 4 is 15.9 Å². The van der Waals surface area contributed by atoms with Gasteiger partial charge in [0.2, 0.25) is 0 Å². The molecule has 1 aliphatic heterocycles. The van der Waals surface area contributed by atoms with Crippen LogP contribution in [0.25, 0.3) is 0 Å². The van der Waals surface area contributed by atoms with Gasteiger partial charge in [0.25, 0.3) is 10.1 Å². The van der Waals surface area contributed by atoms with Gasteiger partial charge in [-0.05, 0) is 6.07 Å². The van der Waals surface area contributed by atoms with Gasteiger partial charge in [-0.1, -0.05) is 0 Å². The van der Waals surface area contributed by atoms with Crippen LogP contribution in [0.4, 0.5) is 5.82 Å². The molecule has 1 fully saturated rings. The Hall–Kier alpha value is -1.53. The first-order chi connectivity index (χ1) is 9.73. The van der Waals surface area contributed by atoms with Crippen LogP contribution < -0.4 is 11.4 Å². The first-order valence-corrected chi connectivity index (χ1v) is 7.72. The molecule has 0 bridgehead atoms. The van der Waals surface area contributed by atoms with Gasteiger partial charge in [-0.3, -0.25) is 8.75 Å². The molecule has 1 saturated heterocycles. The molecule has 0 radical (unpaired) electrons. The molecule has 0 saturated carbocycles. The van der Waals surface area contributed by atoms with Crippen molar-refractivity contribution in [2.45, 2.75) is 24.5 Å². The molecule has 4 N–H and O–H groups in total. The van der Waals surface area contributed by atoms with Gasteiger partial charge in [-0.25, -0.2) is 4.79 Å². The molecule has 0 amide bonds. The highest BCUT2D eigenvalue weighted by Gasteiger charge is 2.47. The molecule has 118 valence electrons. The highest BCUT2D eigenvalue weighted by molar-refractivity contribution is 7.86. The number of aliphatic hydroxyl groups excluding tert-OH is 2. The summed E-state index contributed by atoms with van der Waals surface area (Å²) < 4.78 is 33.5. The van der Waals surface area contributed by atoms with Crippen LogP contribution in [0.1, 0.15) is 6.23 Å². The fraction of sp³-hybridized carbons (Fsp3) is 0.600. The van der Waals surface area contributed by atoms with Gasteiger partial charge < -0.3 is 20.7 Å². The minimum atomic E-state index is -3.92. The van der Waals surface area contributed by atoms with Crippen LogP contribution in [0, 0.1) is 0 Å². The summed E-state index contributed by atoms with van der Waals surface area (Å²) in [6, 6.07) is 1.31. The van der Waals surface area contributed by atoms with Crippen LogP contribution in [0.15, 0.2) is 17.1 Å². The molecule has 10 nitrogen and oxygen atoms in total. The van der Waals surface area contributed by atoms with E-state index in [0.29, 0.717) is 0 Å². The van der Waals surface area contributed by atoms with Crippen LogP contribution in [-0.4, -0.2) is 59.4 Å². The summed E-state index contributed by atoms with van der Waals surface area (Å²) in [6.07, 6.45) is -3.13. The molecule has 1 aromatic rings. The summed E-state index contributed by atoms with van der Waals surface area (Å²) in [5, 5.41) is 19.1. The van der Waals surface area contributed by atoms with Crippen molar-refractivity contribution in [2.24, 2.45) is 0 Å². The summed E-state index contributed by atoms with van der Waals surface area (Å²) in [5.41, 5.74) is 4.56. The van der Waals surface area contributed by atoms with Crippen molar-refractivity contribution in [3.8, 4) is 0 Å². The van der Waals surface area contributed by atoms with Crippen molar-refractivity contribution in [2.75, 3.05) is 18.6 Å². The van der Waals surface area contributed by atoms with Gasteiger partial charge in [-0.2, -0.15) is 13.4 Å². The molecule has 1 aromatic heterocycles. The Morgan fingerprint density at radius 1 is 1.57 bits per heavy atom. The fourth-order valence-corrected chi connectivity index (χ4v) is 2.63. The number of nitrogens with zero attached hydrogens (tertiary/aromatic N) is 2. The smallest absolute Gasteiger partial charge is 0.351 e. The molecular weight excluding hydrogens is 306 g/mol. The molecule has 1 aliphatic rings. The van der Waals surface area contributed by atoms with E-state index in [2.05, 4.69) is 4.98 Å². The van der Waals surface area contributed by atoms with E-state index >= 15 is 0 Å². The second kappa shape index (κ2) is 5.69. The van der Waals surface area contributed by atoms with Crippen molar-refractivity contribution in [1.82, 2.24) is 9.55 Å². The Morgan fingerprint density at radius 2 is 2.24 bits per heavy atom. The normalized spacial score (nSPS) is 29.7. The van der Waals surface area contributed by atoms with E-state index in [1.165, 1.54) is 12.3 Å². The van der Waals surface area contributed by atoms with E-state index in [1.807, 2.05) is 0 Å². The van der Waals surface area contributed by atoms with Crippen molar-refractivity contribution in [3.05, 3.63) is 22.7 Å². The molecular formula is C10H15N3O7S. The Balaban J connectivity index is 2.41. The number of aromatic nitrogens is 2. The first kappa shape index (κ1) is 15.9.